The molecule has 0 saturated heterocycles. The molecular weight excluding hydrogens is 238 g/mol. The summed E-state index contributed by atoms with van der Waals surface area (Å²) in [6.07, 6.45) is 5.15. The van der Waals surface area contributed by atoms with E-state index < -0.39 is 0 Å². The molecule has 3 nitrogen and oxygen atoms in total. The van der Waals surface area contributed by atoms with Crippen LogP contribution in [0.15, 0.2) is 18.2 Å². The quantitative estimate of drug-likeness (QED) is 0.856. The standard InChI is InChI=1S/C16H25NO2/c1-13-7-8-16(19-2)14(11-13)12-17(9-10-18)15-5-3-4-6-15/h7-8,11,15,18H,3-6,9-10,12H2,1-2H3. The van der Waals surface area contributed by atoms with Gasteiger partial charge in [0.2, 0.25) is 0 Å². The highest BCUT2D eigenvalue weighted by Gasteiger charge is 2.23. The third-order valence-corrected chi connectivity index (χ3v) is 4.04. The first kappa shape index (κ1) is 14.4. The predicted molar refractivity (Wildman–Crippen MR) is 77.5 cm³/mol. The van der Waals surface area contributed by atoms with Gasteiger partial charge in [-0.05, 0) is 25.8 Å². The summed E-state index contributed by atoms with van der Waals surface area (Å²) < 4.78 is 5.45. The SMILES string of the molecule is COc1ccc(C)cc1CN(CCO)C1CCCC1. The van der Waals surface area contributed by atoms with E-state index in [0.29, 0.717) is 6.04 Å². The molecule has 0 radical (unpaired) electrons. The second-order valence-corrected chi connectivity index (χ2v) is 5.45. The molecule has 2 rings (SSSR count). The van der Waals surface area contributed by atoms with E-state index in [4.69, 9.17) is 4.74 Å². The second-order valence-electron chi connectivity index (χ2n) is 5.45. The molecule has 0 aromatic heterocycles. The zero-order valence-corrected chi connectivity index (χ0v) is 12.1. The van der Waals surface area contributed by atoms with Gasteiger partial charge >= 0.3 is 0 Å². The van der Waals surface area contributed by atoms with Gasteiger partial charge in [-0.1, -0.05) is 30.5 Å². The van der Waals surface area contributed by atoms with Crippen LogP contribution in [-0.4, -0.2) is 36.3 Å². The first-order valence-corrected chi connectivity index (χ1v) is 7.23. The number of ether oxygens (including phenoxy) is 1. The number of aryl methyl sites for hydroxylation is 1. The van der Waals surface area contributed by atoms with E-state index in [1.54, 1.807) is 7.11 Å². The first-order chi connectivity index (χ1) is 9.24. The van der Waals surface area contributed by atoms with E-state index >= 15 is 0 Å². The van der Waals surface area contributed by atoms with Crippen molar-refractivity contribution in [3.63, 3.8) is 0 Å². The summed E-state index contributed by atoms with van der Waals surface area (Å²) in [6, 6.07) is 6.93. The lowest BCUT2D eigenvalue weighted by Crippen LogP contribution is -2.35. The molecule has 3 heteroatoms. The van der Waals surface area contributed by atoms with Crippen LogP contribution in [0.3, 0.4) is 0 Å². The Morgan fingerprint density at radius 1 is 1.32 bits per heavy atom. The summed E-state index contributed by atoms with van der Waals surface area (Å²) >= 11 is 0. The number of hydrogen-bond donors (Lipinski definition) is 1. The fourth-order valence-corrected chi connectivity index (χ4v) is 3.04. The van der Waals surface area contributed by atoms with Crippen LogP contribution in [0.4, 0.5) is 0 Å². The highest BCUT2D eigenvalue weighted by Crippen LogP contribution is 2.27. The predicted octanol–water partition coefficient (Wildman–Crippen LogP) is 2.74. The highest BCUT2D eigenvalue weighted by atomic mass is 16.5. The number of methoxy groups -OCH3 is 1. The zero-order chi connectivity index (χ0) is 13.7. The van der Waals surface area contributed by atoms with Gasteiger partial charge in [-0.15, -0.1) is 0 Å². The van der Waals surface area contributed by atoms with E-state index in [1.165, 1.54) is 36.8 Å². The van der Waals surface area contributed by atoms with Crippen LogP contribution in [0.1, 0.15) is 36.8 Å². The molecule has 1 fully saturated rings. The largest absolute Gasteiger partial charge is 0.496 e. The molecule has 0 atom stereocenters. The van der Waals surface area contributed by atoms with Gasteiger partial charge in [0.1, 0.15) is 5.75 Å². The van der Waals surface area contributed by atoms with Gasteiger partial charge in [0.15, 0.2) is 0 Å². The van der Waals surface area contributed by atoms with Gasteiger partial charge in [-0.25, -0.2) is 0 Å². The Hall–Kier alpha value is -1.06. The van der Waals surface area contributed by atoms with Crippen molar-refractivity contribution in [3.8, 4) is 5.75 Å². The van der Waals surface area contributed by atoms with Crippen molar-refractivity contribution >= 4 is 0 Å². The van der Waals surface area contributed by atoms with Crippen molar-refractivity contribution < 1.29 is 9.84 Å². The maximum Gasteiger partial charge on any atom is 0.123 e. The average Bonchev–Trinajstić information content (AvgIpc) is 2.92. The Morgan fingerprint density at radius 2 is 2.05 bits per heavy atom. The van der Waals surface area contributed by atoms with Crippen molar-refractivity contribution in [1.29, 1.82) is 0 Å². The number of nitrogens with zero attached hydrogens (tertiary/aromatic N) is 1. The van der Waals surface area contributed by atoms with Crippen LogP contribution < -0.4 is 4.74 Å². The van der Waals surface area contributed by atoms with E-state index in [0.717, 1.165) is 18.8 Å². The molecule has 0 spiro atoms. The smallest absolute Gasteiger partial charge is 0.123 e. The molecule has 0 aliphatic heterocycles. The molecule has 1 saturated carbocycles. The van der Waals surface area contributed by atoms with Crippen LogP contribution in [0.2, 0.25) is 0 Å². The van der Waals surface area contributed by atoms with Crippen LogP contribution in [0.5, 0.6) is 5.75 Å². The monoisotopic (exact) mass is 263 g/mol. The summed E-state index contributed by atoms with van der Waals surface area (Å²) in [5.74, 6) is 0.950. The minimum atomic E-state index is 0.227. The van der Waals surface area contributed by atoms with E-state index in [1.807, 2.05) is 6.07 Å². The Bertz CT molecular complexity index is 400. The molecular formula is C16H25NO2. The molecule has 106 valence electrons. The van der Waals surface area contributed by atoms with Gasteiger partial charge in [0, 0.05) is 24.7 Å². The van der Waals surface area contributed by atoms with Gasteiger partial charge in [0.05, 0.1) is 13.7 Å². The third-order valence-electron chi connectivity index (χ3n) is 4.04. The average molecular weight is 263 g/mol. The van der Waals surface area contributed by atoms with Gasteiger partial charge in [-0.3, -0.25) is 4.90 Å². The number of aliphatic hydroxyl groups excluding tert-OH is 1. The number of hydrogen-bond acceptors (Lipinski definition) is 3. The molecule has 1 aliphatic carbocycles. The Morgan fingerprint density at radius 3 is 2.68 bits per heavy atom. The van der Waals surface area contributed by atoms with Gasteiger partial charge < -0.3 is 9.84 Å². The summed E-state index contributed by atoms with van der Waals surface area (Å²) in [4.78, 5) is 2.41. The van der Waals surface area contributed by atoms with Gasteiger partial charge in [0.25, 0.3) is 0 Å². The first-order valence-electron chi connectivity index (χ1n) is 7.23. The van der Waals surface area contributed by atoms with E-state index in [2.05, 4.69) is 24.0 Å². The molecule has 0 amide bonds. The summed E-state index contributed by atoms with van der Waals surface area (Å²) in [6.45, 7) is 3.96. The number of aliphatic hydroxyl groups is 1. The molecule has 19 heavy (non-hydrogen) atoms. The summed E-state index contributed by atoms with van der Waals surface area (Å²) in [7, 11) is 1.72. The lowest BCUT2D eigenvalue weighted by Gasteiger charge is -2.28. The van der Waals surface area contributed by atoms with Crippen molar-refractivity contribution in [2.45, 2.75) is 45.2 Å². The fraction of sp³-hybridized carbons (Fsp3) is 0.625. The summed E-state index contributed by atoms with van der Waals surface area (Å²) in [5, 5.41) is 9.28. The lowest BCUT2D eigenvalue weighted by molar-refractivity contribution is 0.143. The van der Waals surface area contributed by atoms with Crippen molar-refractivity contribution in [2.24, 2.45) is 0 Å². The Labute approximate surface area is 116 Å². The van der Waals surface area contributed by atoms with Crippen LogP contribution in [0.25, 0.3) is 0 Å². The number of rotatable bonds is 6. The minimum absolute atomic E-state index is 0.227. The molecule has 1 aromatic carbocycles. The molecule has 0 bridgehead atoms. The zero-order valence-electron chi connectivity index (χ0n) is 12.1. The van der Waals surface area contributed by atoms with Crippen molar-refractivity contribution in [3.05, 3.63) is 29.3 Å². The second kappa shape index (κ2) is 6.92. The minimum Gasteiger partial charge on any atom is -0.496 e. The van der Waals surface area contributed by atoms with Crippen LogP contribution in [-0.2, 0) is 6.54 Å². The third kappa shape index (κ3) is 3.71. The van der Waals surface area contributed by atoms with Crippen molar-refractivity contribution in [2.75, 3.05) is 20.3 Å². The topological polar surface area (TPSA) is 32.7 Å². The van der Waals surface area contributed by atoms with Crippen molar-refractivity contribution in [1.82, 2.24) is 4.90 Å². The lowest BCUT2D eigenvalue weighted by atomic mass is 10.1. The maximum atomic E-state index is 9.28. The summed E-state index contributed by atoms with van der Waals surface area (Å²) in [5.41, 5.74) is 2.48. The Kier molecular flexibility index (Phi) is 5.23. The normalized spacial score (nSPS) is 16.2. The van der Waals surface area contributed by atoms with Gasteiger partial charge in [-0.2, -0.15) is 0 Å². The van der Waals surface area contributed by atoms with E-state index in [9.17, 15) is 5.11 Å². The van der Waals surface area contributed by atoms with Crippen LogP contribution >= 0.6 is 0 Å². The molecule has 1 N–H and O–H groups in total. The highest BCUT2D eigenvalue weighted by molar-refractivity contribution is 5.36. The maximum absolute atomic E-state index is 9.28. The molecule has 0 heterocycles. The molecule has 0 unspecified atom stereocenters. The molecule has 1 aliphatic rings. The van der Waals surface area contributed by atoms with Crippen LogP contribution in [0, 0.1) is 6.92 Å². The van der Waals surface area contributed by atoms with E-state index in [-0.39, 0.29) is 6.61 Å². The Balaban J connectivity index is 2.13. The molecule has 1 aromatic rings. The fourth-order valence-electron chi connectivity index (χ4n) is 3.04. The number of benzene rings is 1.